The SMILES string of the molecule is C[C@H](N=C=S)c1ccc(Cl)cc1. The van der Waals surface area contributed by atoms with E-state index in [-0.39, 0.29) is 6.04 Å². The molecule has 12 heavy (non-hydrogen) atoms. The molecule has 3 heteroatoms. The summed E-state index contributed by atoms with van der Waals surface area (Å²) >= 11 is 10.2. The van der Waals surface area contributed by atoms with E-state index < -0.39 is 0 Å². The highest BCUT2D eigenvalue weighted by Crippen LogP contribution is 2.18. The fraction of sp³-hybridized carbons (Fsp3) is 0.222. The highest BCUT2D eigenvalue weighted by Gasteiger charge is 2.00. The molecule has 0 heterocycles. The van der Waals surface area contributed by atoms with Gasteiger partial charge >= 0.3 is 0 Å². The minimum Gasteiger partial charge on any atom is -0.225 e. The van der Waals surface area contributed by atoms with Crippen LogP contribution in [0, 0.1) is 0 Å². The molecule has 1 aromatic rings. The minimum atomic E-state index is 0.0692. The maximum Gasteiger partial charge on any atom is 0.0824 e. The molecule has 0 aliphatic carbocycles. The third-order valence-corrected chi connectivity index (χ3v) is 1.96. The van der Waals surface area contributed by atoms with E-state index in [1.54, 1.807) is 0 Å². The van der Waals surface area contributed by atoms with Crippen molar-refractivity contribution in [3.05, 3.63) is 34.9 Å². The van der Waals surface area contributed by atoms with Crippen LogP contribution in [0.4, 0.5) is 0 Å². The number of thiocarbonyl (C=S) groups is 1. The van der Waals surface area contributed by atoms with Crippen LogP contribution in [0.25, 0.3) is 0 Å². The summed E-state index contributed by atoms with van der Waals surface area (Å²) in [5, 5.41) is 3.09. The number of hydrogen-bond acceptors (Lipinski definition) is 2. The zero-order chi connectivity index (χ0) is 8.97. The first-order valence-electron chi connectivity index (χ1n) is 3.56. The Bertz CT molecular complexity index is 301. The first-order valence-corrected chi connectivity index (χ1v) is 4.35. The van der Waals surface area contributed by atoms with Gasteiger partial charge in [-0.3, -0.25) is 0 Å². The van der Waals surface area contributed by atoms with Gasteiger partial charge in [0.05, 0.1) is 11.2 Å². The molecule has 0 saturated heterocycles. The topological polar surface area (TPSA) is 12.4 Å². The van der Waals surface area contributed by atoms with Gasteiger partial charge in [-0.2, -0.15) is 0 Å². The predicted octanol–water partition coefficient (Wildman–Crippen LogP) is 3.50. The van der Waals surface area contributed by atoms with Gasteiger partial charge in [-0.05, 0) is 36.8 Å². The lowest BCUT2D eigenvalue weighted by atomic mass is 10.1. The third kappa shape index (κ3) is 2.42. The van der Waals surface area contributed by atoms with Crippen LogP contribution < -0.4 is 0 Å². The van der Waals surface area contributed by atoms with Crippen molar-refractivity contribution in [1.82, 2.24) is 0 Å². The lowest BCUT2D eigenvalue weighted by molar-refractivity contribution is 0.828. The highest BCUT2D eigenvalue weighted by molar-refractivity contribution is 7.78. The molecule has 0 amide bonds. The van der Waals surface area contributed by atoms with Gasteiger partial charge in [-0.25, -0.2) is 4.99 Å². The smallest absolute Gasteiger partial charge is 0.0824 e. The minimum absolute atomic E-state index is 0.0692. The zero-order valence-corrected chi connectivity index (χ0v) is 8.19. The molecule has 0 aromatic heterocycles. The molecular weight excluding hydrogens is 190 g/mol. The Hall–Kier alpha value is -0.690. The van der Waals surface area contributed by atoms with Gasteiger partial charge in [0.15, 0.2) is 0 Å². The summed E-state index contributed by atoms with van der Waals surface area (Å²) in [6.07, 6.45) is 0. The number of hydrogen-bond donors (Lipinski definition) is 0. The van der Waals surface area contributed by atoms with Crippen LogP contribution in [0.1, 0.15) is 18.5 Å². The summed E-state index contributed by atoms with van der Waals surface area (Å²) in [7, 11) is 0. The molecule has 0 N–H and O–H groups in total. The molecule has 0 saturated carbocycles. The van der Waals surface area contributed by atoms with Gasteiger partial charge in [0, 0.05) is 5.02 Å². The second-order valence-electron chi connectivity index (χ2n) is 2.45. The van der Waals surface area contributed by atoms with E-state index in [9.17, 15) is 0 Å². The monoisotopic (exact) mass is 197 g/mol. The summed E-state index contributed by atoms with van der Waals surface area (Å²) in [5.41, 5.74) is 1.09. The number of benzene rings is 1. The molecule has 1 atom stereocenters. The second-order valence-corrected chi connectivity index (χ2v) is 3.07. The maximum atomic E-state index is 5.73. The largest absolute Gasteiger partial charge is 0.225 e. The summed E-state index contributed by atoms with van der Waals surface area (Å²) in [6, 6.07) is 7.62. The highest BCUT2D eigenvalue weighted by atomic mass is 35.5. The van der Waals surface area contributed by atoms with Crippen molar-refractivity contribution in [3.8, 4) is 0 Å². The summed E-state index contributed by atoms with van der Waals surface area (Å²) in [6.45, 7) is 1.96. The number of rotatable bonds is 2. The Morgan fingerprint density at radius 2 is 2.00 bits per heavy atom. The van der Waals surface area contributed by atoms with Crippen molar-refractivity contribution in [1.29, 1.82) is 0 Å². The van der Waals surface area contributed by atoms with Crippen molar-refractivity contribution >= 4 is 29.0 Å². The molecule has 1 aromatic carbocycles. The molecule has 1 rings (SSSR count). The van der Waals surface area contributed by atoms with Gasteiger partial charge in [0.25, 0.3) is 0 Å². The molecule has 62 valence electrons. The molecule has 0 unspecified atom stereocenters. The standard InChI is InChI=1S/C9H8ClNS/c1-7(11-6-12)8-2-4-9(10)5-3-8/h2-5,7H,1H3/t7-/m0/s1. The number of isothiocyanates is 1. The molecule has 0 aliphatic rings. The maximum absolute atomic E-state index is 5.73. The van der Waals surface area contributed by atoms with Crippen LogP contribution in [-0.4, -0.2) is 5.16 Å². The van der Waals surface area contributed by atoms with E-state index in [0.717, 1.165) is 10.6 Å². The van der Waals surface area contributed by atoms with E-state index in [2.05, 4.69) is 22.4 Å². The molecule has 0 bridgehead atoms. The van der Waals surface area contributed by atoms with Gasteiger partial charge in [0.1, 0.15) is 0 Å². The Morgan fingerprint density at radius 3 is 2.50 bits per heavy atom. The quantitative estimate of drug-likeness (QED) is 0.522. The van der Waals surface area contributed by atoms with Crippen LogP contribution in [-0.2, 0) is 0 Å². The lowest BCUT2D eigenvalue weighted by Gasteiger charge is -2.03. The van der Waals surface area contributed by atoms with E-state index in [0.29, 0.717) is 0 Å². The van der Waals surface area contributed by atoms with Crippen LogP contribution in [0.2, 0.25) is 5.02 Å². The number of aliphatic imine (C=N–C) groups is 1. The van der Waals surface area contributed by atoms with Crippen molar-refractivity contribution in [2.24, 2.45) is 4.99 Å². The van der Waals surface area contributed by atoms with E-state index in [1.807, 2.05) is 31.2 Å². The van der Waals surface area contributed by atoms with Gasteiger partial charge in [-0.1, -0.05) is 23.7 Å². The molecule has 1 nitrogen and oxygen atoms in total. The summed E-state index contributed by atoms with van der Waals surface area (Å²) < 4.78 is 0. The van der Waals surface area contributed by atoms with Gasteiger partial charge in [0.2, 0.25) is 0 Å². The normalized spacial score (nSPS) is 11.8. The summed E-state index contributed by atoms with van der Waals surface area (Å²) in [4.78, 5) is 3.95. The molecule has 0 spiro atoms. The average molecular weight is 198 g/mol. The molecule has 0 aliphatic heterocycles. The van der Waals surface area contributed by atoms with Gasteiger partial charge in [-0.15, -0.1) is 0 Å². The zero-order valence-electron chi connectivity index (χ0n) is 6.62. The van der Waals surface area contributed by atoms with Crippen LogP contribution in [0.3, 0.4) is 0 Å². The Balaban J connectivity index is 2.89. The first-order chi connectivity index (χ1) is 5.74. The Morgan fingerprint density at radius 1 is 1.42 bits per heavy atom. The Kier molecular flexibility index (Phi) is 3.42. The van der Waals surface area contributed by atoms with E-state index in [1.165, 1.54) is 0 Å². The second kappa shape index (κ2) is 4.36. The number of nitrogens with zero attached hydrogens (tertiary/aromatic N) is 1. The first kappa shape index (κ1) is 9.40. The summed E-state index contributed by atoms with van der Waals surface area (Å²) in [5.74, 6) is 0. The fourth-order valence-electron chi connectivity index (χ4n) is 0.895. The van der Waals surface area contributed by atoms with Gasteiger partial charge < -0.3 is 0 Å². The van der Waals surface area contributed by atoms with Crippen molar-refractivity contribution < 1.29 is 0 Å². The van der Waals surface area contributed by atoms with Crippen LogP contribution >= 0.6 is 23.8 Å². The lowest BCUT2D eigenvalue weighted by Crippen LogP contribution is -1.87. The van der Waals surface area contributed by atoms with Crippen LogP contribution in [0.15, 0.2) is 29.3 Å². The van der Waals surface area contributed by atoms with Crippen molar-refractivity contribution in [2.45, 2.75) is 13.0 Å². The van der Waals surface area contributed by atoms with E-state index >= 15 is 0 Å². The van der Waals surface area contributed by atoms with E-state index in [4.69, 9.17) is 11.6 Å². The average Bonchev–Trinajstić information content (AvgIpc) is 2.06. The van der Waals surface area contributed by atoms with Crippen molar-refractivity contribution in [3.63, 3.8) is 0 Å². The number of halogens is 1. The predicted molar refractivity (Wildman–Crippen MR) is 54.9 cm³/mol. The fourth-order valence-corrected chi connectivity index (χ4v) is 1.18. The molecular formula is C9H8ClNS. The molecule has 0 fully saturated rings. The van der Waals surface area contributed by atoms with Crippen LogP contribution in [0.5, 0.6) is 0 Å². The third-order valence-electron chi connectivity index (χ3n) is 1.60. The molecule has 0 radical (unpaired) electrons. The Labute approximate surface area is 82.1 Å². The van der Waals surface area contributed by atoms with Crippen molar-refractivity contribution in [2.75, 3.05) is 0 Å².